The van der Waals surface area contributed by atoms with Crippen LogP contribution in [-0.2, 0) is 9.59 Å². The maximum Gasteiger partial charge on any atom is 0.241 e. The molecule has 2 aromatic rings. The highest BCUT2D eigenvalue weighted by Gasteiger charge is 2.16. The molecular weight excluding hydrogens is 279 g/mol. The lowest BCUT2D eigenvalue weighted by Crippen LogP contribution is -2.39. The number of rotatable bonds is 5. The maximum absolute atomic E-state index is 13.9. The van der Waals surface area contributed by atoms with E-state index in [1.807, 2.05) is 0 Å². The summed E-state index contributed by atoms with van der Waals surface area (Å²) in [6.07, 6.45) is 2.34. The van der Waals surface area contributed by atoms with E-state index in [0.29, 0.717) is 0 Å². The van der Waals surface area contributed by atoms with Crippen LogP contribution in [0.5, 0.6) is 0 Å². The Morgan fingerprint density at radius 1 is 1.43 bits per heavy atom. The molecule has 5 N–H and O–H groups in total. The number of carbonyl (C=O) groups excluding carboxylic acids is 2. The van der Waals surface area contributed by atoms with Crippen molar-refractivity contribution in [1.82, 2.24) is 14.8 Å². The lowest BCUT2D eigenvalue weighted by Gasteiger charge is -2.11. The Balaban J connectivity index is 2.10. The van der Waals surface area contributed by atoms with Crippen LogP contribution in [0.2, 0.25) is 0 Å². The molecule has 0 saturated heterocycles. The van der Waals surface area contributed by atoms with E-state index in [-0.39, 0.29) is 17.8 Å². The zero-order valence-electron chi connectivity index (χ0n) is 10.9. The fraction of sp³-hybridized carbons (Fsp3) is 0.167. The van der Waals surface area contributed by atoms with Crippen molar-refractivity contribution in [3.05, 3.63) is 36.7 Å². The molecule has 1 heterocycles. The van der Waals surface area contributed by atoms with Crippen LogP contribution >= 0.6 is 0 Å². The highest BCUT2D eigenvalue weighted by molar-refractivity contribution is 5.97. The smallest absolute Gasteiger partial charge is 0.241 e. The molecule has 2 amide bonds. The number of primary amides is 1. The van der Waals surface area contributed by atoms with E-state index in [1.54, 1.807) is 0 Å². The van der Waals surface area contributed by atoms with Gasteiger partial charge in [0.2, 0.25) is 11.8 Å². The summed E-state index contributed by atoms with van der Waals surface area (Å²) in [6.45, 7) is 0. The molecule has 21 heavy (non-hydrogen) atoms. The fourth-order valence-corrected chi connectivity index (χ4v) is 1.65. The maximum atomic E-state index is 13.9. The summed E-state index contributed by atoms with van der Waals surface area (Å²) in [5, 5.41) is 6.21. The third kappa shape index (κ3) is 3.60. The number of nitrogens with one attached hydrogen (secondary N) is 1. The van der Waals surface area contributed by atoms with E-state index >= 15 is 0 Å². The zero-order chi connectivity index (χ0) is 15.4. The van der Waals surface area contributed by atoms with Crippen molar-refractivity contribution >= 4 is 17.5 Å². The van der Waals surface area contributed by atoms with E-state index in [9.17, 15) is 14.0 Å². The van der Waals surface area contributed by atoms with Gasteiger partial charge in [0.15, 0.2) is 5.82 Å². The van der Waals surface area contributed by atoms with Gasteiger partial charge in [-0.15, -0.1) is 0 Å². The Morgan fingerprint density at radius 3 is 2.76 bits per heavy atom. The first kappa shape index (κ1) is 14.6. The van der Waals surface area contributed by atoms with Gasteiger partial charge in [-0.2, -0.15) is 5.10 Å². The fourth-order valence-electron chi connectivity index (χ4n) is 1.65. The van der Waals surface area contributed by atoms with Crippen LogP contribution in [0, 0.1) is 5.82 Å². The van der Waals surface area contributed by atoms with Gasteiger partial charge in [-0.05, 0) is 18.2 Å². The minimum Gasteiger partial charge on any atom is -0.370 e. The topological polar surface area (TPSA) is 129 Å². The monoisotopic (exact) mass is 292 g/mol. The van der Waals surface area contributed by atoms with Gasteiger partial charge >= 0.3 is 0 Å². The van der Waals surface area contributed by atoms with Gasteiger partial charge in [0, 0.05) is 5.69 Å². The van der Waals surface area contributed by atoms with Crippen LogP contribution in [-0.4, -0.2) is 32.6 Å². The summed E-state index contributed by atoms with van der Waals surface area (Å²) in [5.74, 6) is -1.91. The first-order valence-electron chi connectivity index (χ1n) is 5.96. The Labute approximate surface area is 118 Å². The number of nitrogens with zero attached hydrogens (tertiary/aromatic N) is 3. The summed E-state index contributed by atoms with van der Waals surface area (Å²) < 4.78 is 15.2. The van der Waals surface area contributed by atoms with Crippen molar-refractivity contribution in [2.45, 2.75) is 12.5 Å². The van der Waals surface area contributed by atoms with Gasteiger partial charge in [-0.1, -0.05) is 0 Å². The summed E-state index contributed by atoms with van der Waals surface area (Å²) in [5.41, 5.74) is 10.8. The van der Waals surface area contributed by atoms with Crippen LogP contribution in [0.4, 0.5) is 10.1 Å². The van der Waals surface area contributed by atoms with Gasteiger partial charge < -0.3 is 16.8 Å². The lowest BCUT2D eigenvalue weighted by molar-refractivity contribution is -0.123. The average molecular weight is 292 g/mol. The van der Waals surface area contributed by atoms with Crippen molar-refractivity contribution in [3.63, 3.8) is 0 Å². The number of halogens is 1. The summed E-state index contributed by atoms with van der Waals surface area (Å²) in [6, 6.07) is 2.95. The third-order valence-corrected chi connectivity index (χ3v) is 2.64. The molecule has 0 aliphatic rings. The number of carbonyl (C=O) groups is 2. The van der Waals surface area contributed by atoms with Crippen molar-refractivity contribution in [2.75, 3.05) is 5.32 Å². The third-order valence-electron chi connectivity index (χ3n) is 2.64. The molecule has 110 valence electrons. The minimum atomic E-state index is -1.08. The molecule has 0 aliphatic heterocycles. The number of anilines is 1. The average Bonchev–Trinajstić information content (AvgIpc) is 2.91. The van der Waals surface area contributed by atoms with Crippen LogP contribution in [0.25, 0.3) is 5.69 Å². The van der Waals surface area contributed by atoms with E-state index in [0.717, 1.165) is 6.07 Å². The highest BCUT2D eigenvalue weighted by atomic mass is 19.1. The van der Waals surface area contributed by atoms with E-state index in [1.165, 1.54) is 29.5 Å². The summed E-state index contributed by atoms with van der Waals surface area (Å²) >= 11 is 0. The van der Waals surface area contributed by atoms with E-state index in [2.05, 4.69) is 15.4 Å². The van der Waals surface area contributed by atoms with Crippen molar-refractivity contribution in [3.8, 4) is 5.69 Å². The first-order chi connectivity index (χ1) is 9.97. The van der Waals surface area contributed by atoms with Gasteiger partial charge in [0.1, 0.15) is 18.3 Å². The molecule has 8 nitrogen and oxygen atoms in total. The normalized spacial score (nSPS) is 11.9. The quantitative estimate of drug-likeness (QED) is 0.687. The predicted molar refractivity (Wildman–Crippen MR) is 71.7 cm³/mol. The summed E-state index contributed by atoms with van der Waals surface area (Å²) in [7, 11) is 0. The van der Waals surface area contributed by atoms with Gasteiger partial charge in [-0.25, -0.2) is 14.1 Å². The molecule has 0 fully saturated rings. The van der Waals surface area contributed by atoms with Crippen molar-refractivity contribution in [1.29, 1.82) is 0 Å². The molecule has 1 aromatic carbocycles. The molecular formula is C12H13FN6O2. The molecule has 1 atom stereocenters. The number of benzene rings is 1. The molecule has 0 bridgehead atoms. The van der Waals surface area contributed by atoms with E-state index < -0.39 is 23.7 Å². The molecule has 2 rings (SSSR count). The van der Waals surface area contributed by atoms with Crippen LogP contribution in [0.1, 0.15) is 6.42 Å². The first-order valence-corrected chi connectivity index (χ1v) is 5.96. The number of hydrogen-bond donors (Lipinski definition) is 3. The standard InChI is InChI=1S/C12H13FN6O2/c13-8-3-7(18-12(21)9(14)4-11(15)20)1-2-10(8)19-6-16-5-17-19/h1-3,5-6,9H,4,14H2,(H2,15,20)(H,18,21). The van der Waals surface area contributed by atoms with Crippen molar-refractivity contribution < 1.29 is 14.0 Å². The molecule has 1 unspecified atom stereocenters. The Morgan fingerprint density at radius 2 is 2.19 bits per heavy atom. The number of nitrogens with two attached hydrogens (primary N) is 2. The second-order valence-corrected chi connectivity index (χ2v) is 4.27. The molecule has 0 aliphatic carbocycles. The molecule has 1 aromatic heterocycles. The number of aromatic nitrogens is 3. The largest absolute Gasteiger partial charge is 0.370 e. The predicted octanol–water partition coefficient (Wildman–Crippen LogP) is -0.452. The molecule has 0 radical (unpaired) electrons. The van der Waals surface area contributed by atoms with E-state index in [4.69, 9.17) is 11.5 Å². The molecule has 0 saturated carbocycles. The molecule has 0 spiro atoms. The second kappa shape index (κ2) is 6.09. The Bertz CT molecular complexity index is 658. The van der Waals surface area contributed by atoms with Crippen LogP contribution in [0.15, 0.2) is 30.9 Å². The number of amides is 2. The summed E-state index contributed by atoms with van der Waals surface area (Å²) in [4.78, 5) is 26.1. The Hall–Kier alpha value is -2.81. The zero-order valence-corrected chi connectivity index (χ0v) is 10.9. The highest BCUT2D eigenvalue weighted by Crippen LogP contribution is 2.17. The minimum absolute atomic E-state index is 0.187. The van der Waals surface area contributed by atoms with Crippen LogP contribution < -0.4 is 16.8 Å². The lowest BCUT2D eigenvalue weighted by atomic mass is 10.2. The Kier molecular flexibility index (Phi) is 4.24. The molecule has 9 heteroatoms. The van der Waals surface area contributed by atoms with Gasteiger partial charge in [-0.3, -0.25) is 9.59 Å². The van der Waals surface area contributed by atoms with Gasteiger partial charge in [0.25, 0.3) is 0 Å². The van der Waals surface area contributed by atoms with Crippen molar-refractivity contribution in [2.24, 2.45) is 11.5 Å². The SMILES string of the molecule is NC(=O)CC(N)C(=O)Nc1ccc(-n2cncn2)c(F)c1. The number of hydrogen-bond acceptors (Lipinski definition) is 5. The second-order valence-electron chi connectivity index (χ2n) is 4.27. The van der Waals surface area contributed by atoms with Gasteiger partial charge in [0.05, 0.1) is 12.5 Å². The van der Waals surface area contributed by atoms with Crippen LogP contribution in [0.3, 0.4) is 0 Å².